The molecule has 3 aliphatic heterocycles. The Morgan fingerprint density at radius 3 is 2.60 bits per heavy atom. The third kappa shape index (κ3) is 3.54. The first-order chi connectivity index (χ1) is 12.1. The molecule has 4 nitrogen and oxygen atoms in total. The molecule has 1 aromatic carbocycles. The molecule has 3 aliphatic rings. The molecule has 0 saturated carbocycles. The molecule has 25 heavy (non-hydrogen) atoms. The number of carbonyl (C=O) groups excluding carboxylic acids is 1. The van der Waals surface area contributed by atoms with Crippen molar-refractivity contribution in [3.63, 3.8) is 0 Å². The zero-order valence-electron chi connectivity index (χ0n) is 14.1. The fourth-order valence-electron chi connectivity index (χ4n) is 3.88. The zero-order valence-corrected chi connectivity index (χ0v) is 15.6. The SMILES string of the molecule is CC1C(NC(=O)c2ccc(Oc3ccc(Cl)cc3)s2)C2CCN1CC2. The summed E-state index contributed by atoms with van der Waals surface area (Å²) >= 11 is 7.25. The summed E-state index contributed by atoms with van der Waals surface area (Å²) in [5.74, 6) is 1.32. The van der Waals surface area contributed by atoms with Gasteiger partial charge in [-0.05, 0) is 75.2 Å². The van der Waals surface area contributed by atoms with Gasteiger partial charge in [0.2, 0.25) is 0 Å². The van der Waals surface area contributed by atoms with Gasteiger partial charge in [-0.3, -0.25) is 9.69 Å². The van der Waals surface area contributed by atoms with E-state index in [0.29, 0.717) is 32.7 Å². The molecule has 3 saturated heterocycles. The van der Waals surface area contributed by atoms with Crippen molar-refractivity contribution in [3.8, 4) is 10.8 Å². The average Bonchev–Trinajstić information content (AvgIpc) is 3.09. The van der Waals surface area contributed by atoms with Gasteiger partial charge in [-0.15, -0.1) is 0 Å². The van der Waals surface area contributed by atoms with Crippen LogP contribution in [0.25, 0.3) is 0 Å². The van der Waals surface area contributed by atoms with Crippen molar-refractivity contribution >= 4 is 28.8 Å². The number of carbonyl (C=O) groups is 1. The minimum absolute atomic E-state index is 0.00144. The number of ether oxygens (including phenoxy) is 1. The van der Waals surface area contributed by atoms with Crippen LogP contribution in [-0.4, -0.2) is 36.0 Å². The number of hydrogen-bond acceptors (Lipinski definition) is 4. The number of nitrogens with one attached hydrogen (secondary N) is 1. The first kappa shape index (κ1) is 16.9. The van der Waals surface area contributed by atoms with Crippen LogP contribution in [0.15, 0.2) is 36.4 Å². The Morgan fingerprint density at radius 1 is 1.20 bits per heavy atom. The summed E-state index contributed by atoms with van der Waals surface area (Å²) in [6.07, 6.45) is 2.37. The molecule has 132 valence electrons. The fourth-order valence-corrected chi connectivity index (χ4v) is 4.79. The second kappa shape index (κ2) is 6.98. The van der Waals surface area contributed by atoms with Crippen LogP contribution in [0, 0.1) is 5.92 Å². The largest absolute Gasteiger partial charge is 0.447 e. The molecule has 5 rings (SSSR count). The Labute approximate surface area is 156 Å². The Morgan fingerprint density at radius 2 is 1.92 bits per heavy atom. The van der Waals surface area contributed by atoms with Gasteiger partial charge in [0.15, 0.2) is 5.06 Å². The molecule has 0 aliphatic carbocycles. The molecule has 0 spiro atoms. The Bertz CT molecular complexity index is 751. The number of benzene rings is 1. The Balaban J connectivity index is 1.41. The van der Waals surface area contributed by atoms with Gasteiger partial charge < -0.3 is 10.1 Å². The standard InChI is InChI=1S/C19H21ClN2O2S/c1-12-18(13-8-10-22(12)11-9-13)21-19(23)16-6-7-17(25-16)24-15-4-2-14(20)3-5-15/h2-7,12-13,18H,8-11H2,1H3,(H,21,23). The number of halogens is 1. The number of rotatable bonds is 4. The van der Waals surface area contributed by atoms with E-state index in [1.165, 1.54) is 24.2 Å². The highest BCUT2D eigenvalue weighted by atomic mass is 35.5. The van der Waals surface area contributed by atoms with Crippen molar-refractivity contribution in [3.05, 3.63) is 46.3 Å². The van der Waals surface area contributed by atoms with Crippen LogP contribution in [0.3, 0.4) is 0 Å². The van der Waals surface area contributed by atoms with Crippen LogP contribution >= 0.6 is 22.9 Å². The van der Waals surface area contributed by atoms with Crippen LogP contribution < -0.4 is 10.1 Å². The topological polar surface area (TPSA) is 41.6 Å². The molecule has 1 amide bonds. The van der Waals surface area contributed by atoms with E-state index in [4.69, 9.17) is 16.3 Å². The molecule has 0 radical (unpaired) electrons. The van der Waals surface area contributed by atoms with Gasteiger partial charge in [-0.2, -0.15) is 0 Å². The van der Waals surface area contributed by atoms with Crippen LogP contribution in [0.5, 0.6) is 10.8 Å². The van der Waals surface area contributed by atoms with E-state index in [1.54, 1.807) is 12.1 Å². The van der Waals surface area contributed by atoms with Crippen LogP contribution in [0.2, 0.25) is 5.02 Å². The summed E-state index contributed by atoms with van der Waals surface area (Å²) in [6.45, 7) is 4.55. The Kier molecular flexibility index (Phi) is 4.71. The fraction of sp³-hybridized carbons (Fsp3) is 0.421. The van der Waals surface area contributed by atoms with Gasteiger partial charge in [0, 0.05) is 17.1 Å². The summed E-state index contributed by atoms with van der Waals surface area (Å²) in [6, 6.07) is 11.5. The lowest BCUT2D eigenvalue weighted by Crippen LogP contribution is -2.62. The van der Waals surface area contributed by atoms with Crippen LogP contribution in [-0.2, 0) is 0 Å². The highest BCUT2D eigenvalue weighted by Gasteiger charge is 2.40. The monoisotopic (exact) mass is 376 g/mol. The van der Waals surface area contributed by atoms with E-state index in [1.807, 2.05) is 24.3 Å². The number of amides is 1. The van der Waals surface area contributed by atoms with Gasteiger partial charge in [0.05, 0.1) is 4.88 Å². The number of fused-ring (bicyclic) bond motifs is 3. The van der Waals surface area contributed by atoms with Crippen molar-refractivity contribution in [1.82, 2.24) is 10.2 Å². The highest BCUT2D eigenvalue weighted by Crippen LogP contribution is 2.33. The maximum absolute atomic E-state index is 12.7. The van der Waals surface area contributed by atoms with E-state index in [9.17, 15) is 4.79 Å². The lowest BCUT2D eigenvalue weighted by Gasteiger charge is -2.49. The van der Waals surface area contributed by atoms with Gasteiger partial charge in [-0.25, -0.2) is 0 Å². The number of piperidine rings is 3. The maximum atomic E-state index is 12.7. The Hall–Kier alpha value is -1.56. The van der Waals surface area contributed by atoms with E-state index >= 15 is 0 Å². The minimum Gasteiger partial charge on any atom is -0.447 e. The summed E-state index contributed by atoms with van der Waals surface area (Å²) in [5.41, 5.74) is 0. The van der Waals surface area contributed by atoms with Gasteiger partial charge >= 0.3 is 0 Å². The molecule has 2 bridgehead atoms. The lowest BCUT2D eigenvalue weighted by molar-refractivity contribution is 0.0218. The van der Waals surface area contributed by atoms with Gasteiger partial charge in [0.25, 0.3) is 5.91 Å². The summed E-state index contributed by atoms with van der Waals surface area (Å²) in [5, 5.41) is 4.63. The molecule has 2 unspecified atom stereocenters. The van der Waals surface area contributed by atoms with Crippen molar-refractivity contribution < 1.29 is 9.53 Å². The molecule has 1 N–H and O–H groups in total. The minimum atomic E-state index is 0.00144. The van der Waals surface area contributed by atoms with E-state index < -0.39 is 0 Å². The molecular weight excluding hydrogens is 356 g/mol. The predicted octanol–water partition coefficient (Wildman–Crippen LogP) is 4.41. The smallest absolute Gasteiger partial charge is 0.261 e. The molecule has 6 heteroatoms. The first-order valence-electron chi connectivity index (χ1n) is 8.68. The van der Waals surface area contributed by atoms with Crippen LogP contribution in [0.1, 0.15) is 29.4 Å². The summed E-state index contributed by atoms with van der Waals surface area (Å²) in [7, 11) is 0. The number of hydrogen-bond donors (Lipinski definition) is 1. The molecule has 2 atom stereocenters. The molecular formula is C19H21ClN2O2S. The second-order valence-corrected chi connectivity index (χ2v) is 8.27. The van der Waals surface area contributed by atoms with Gasteiger partial charge in [-0.1, -0.05) is 22.9 Å². The van der Waals surface area contributed by atoms with Crippen LogP contribution in [0.4, 0.5) is 0 Å². The summed E-state index contributed by atoms with van der Waals surface area (Å²) in [4.78, 5) is 15.8. The number of thiophene rings is 1. The van der Waals surface area contributed by atoms with Crippen molar-refractivity contribution in [2.75, 3.05) is 13.1 Å². The van der Waals surface area contributed by atoms with Crippen molar-refractivity contribution in [2.24, 2.45) is 5.92 Å². The van der Waals surface area contributed by atoms with Crippen molar-refractivity contribution in [2.45, 2.75) is 31.8 Å². The predicted molar refractivity (Wildman–Crippen MR) is 101 cm³/mol. The van der Waals surface area contributed by atoms with E-state index in [2.05, 4.69) is 17.1 Å². The normalized spacial score (nSPS) is 27.9. The number of nitrogens with zero attached hydrogens (tertiary/aromatic N) is 1. The quantitative estimate of drug-likeness (QED) is 0.859. The maximum Gasteiger partial charge on any atom is 0.261 e. The van der Waals surface area contributed by atoms with E-state index in [-0.39, 0.29) is 11.9 Å². The van der Waals surface area contributed by atoms with Gasteiger partial charge in [0.1, 0.15) is 5.75 Å². The highest BCUT2D eigenvalue weighted by molar-refractivity contribution is 7.15. The zero-order chi connectivity index (χ0) is 17.4. The molecule has 4 heterocycles. The first-order valence-corrected chi connectivity index (χ1v) is 9.88. The molecule has 2 aromatic rings. The average molecular weight is 377 g/mol. The summed E-state index contributed by atoms with van der Waals surface area (Å²) < 4.78 is 5.80. The third-order valence-electron chi connectivity index (χ3n) is 5.31. The lowest BCUT2D eigenvalue weighted by atomic mass is 9.79. The second-order valence-electron chi connectivity index (χ2n) is 6.79. The molecule has 3 fully saturated rings. The third-order valence-corrected chi connectivity index (χ3v) is 6.53. The van der Waals surface area contributed by atoms with Crippen molar-refractivity contribution in [1.29, 1.82) is 0 Å². The molecule has 1 aromatic heterocycles. The van der Waals surface area contributed by atoms with E-state index in [0.717, 1.165) is 13.1 Å².